The molecular formula is C29H34F2N6O. The summed E-state index contributed by atoms with van der Waals surface area (Å²) in [5.74, 6) is -0.808. The number of nitrogens with one attached hydrogen (secondary N) is 1. The van der Waals surface area contributed by atoms with Crippen LogP contribution < -0.4 is 20.7 Å². The van der Waals surface area contributed by atoms with Crippen LogP contribution >= 0.6 is 0 Å². The van der Waals surface area contributed by atoms with Crippen molar-refractivity contribution in [3.05, 3.63) is 41.5 Å². The van der Waals surface area contributed by atoms with Crippen molar-refractivity contribution in [2.24, 2.45) is 0 Å². The highest BCUT2D eigenvalue weighted by atomic mass is 19.1. The van der Waals surface area contributed by atoms with E-state index in [0.717, 1.165) is 70.3 Å². The van der Waals surface area contributed by atoms with Crippen molar-refractivity contribution in [3.8, 4) is 17.1 Å². The Hall–Kier alpha value is -3.04. The number of nitrogens with two attached hydrogens (primary N) is 1. The highest BCUT2D eigenvalue weighted by molar-refractivity contribution is 5.94. The fourth-order valence-corrected chi connectivity index (χ4v) is 7.25. The van der Waals surface area contributed by atoms with E-state index in [1.54, 1.807) is 18.2 Å². The van der Waals surface area contributed by atoms with Crippen LogP contribution in [0.25, 0.3) is 22.0 Å². The Morgan fingerprint density at radius 2 is 1.82 bits per heavy atom. The molecule has 7 rings (SSSR count). The van der Waals surface area contributed by atoms with Gasteiger partial charge in [0.05, 0.1) is 11.1 Å². The van der Waals surface area contributed by atoms with E-state index < -0.39 is 11.6 Å². The van der Waals surface area contributed by atoms with Crippen LogP contribution in [-0.4, -0.2) is 65.3 Å². The smallest absolute Gasteiger partial charge is 0.319 e. The molecule has 7 nitrogen and oxygen atoms in total. The Labute approximate surface area is 221 Å². The zero-order valence-electron chi connectivity index (χ0n) is 21.8. The number of ether oxygens (including phenoxy) is 1. The standard InChI is InChI=1S/C29H34F2N6O/c1-17-4-5-18(32)12-21(17)24-23(30)13-22-26(25(24)31)34-28(38-16-29-8-2-10-37(29)11-3-9-29)35-27(22)36-14-19-6-7-20(15-36)33-19/h4-5,12-13,19-20,33H,2-3,6-11,14-16,32H2,1H3/t19-,20+. The summed E-state index contributed by atoms with van der Waals surface area (Å²) in [4.78, 5) is 14.0. The average molecular weight is 521 g/mol. The third-order valence-electron chi connectivity index (χ3n) is 9.17. The van der Waals surface area contributed by atoms with Crippen molar-refractivity contribution < 1.29 is 13.5 Å². The van der Waals surface area contributed by atoms with Gasteiger partial charge in [-0.05, 0) is 87.9 Å². The number of hydrogen-bond donors (Lipinski definition) is 2. The number of anilines is 2. The van der Waals surface area contributed by atoms with Gasteiger partial charge in [-0.15, -0.1) is 0 Å². The molecule has 0 saturated carbocycles. The number of nitrogen functional groups attached to an aromatic ring is 1. The van der Waals surface area contributed by atoms with Gasteiger partial charge in [-0.2, -0.15) is 9.97 Å². The molecule has 2 atom stereocenters. The molecule has 4 aliphatic rings. The maximum absolute atomic E-state index is 16.3. The van der Waals surface area contributed by atoms with E-state index in [-0.39, 0.29) is 22.6 Å². The molecule has 0 amide bonds. The maximum atomic E-state index is 16.3. The summed E-state index contributed by atoms with van der Waals surface area (Å²) in [7, 11) is 0. The van der Waals surface area contributed by atoms with Crippen LogP contribution in [0.3, 0.4) is 0 Å². The number of piperazine rings is 1. The summed E-state index contributed by atoms with van der Waals surface area (Å²) < 4.78 is 38.3. The van der Waals surface area contributed by atoms with Crippen LogP contribution in [0.2, 0.25) is 0 Å². The van der Waals surface area contributed by atoms with Gasteiger partial charge in [0, 0.05) is 36.2 Å². The minimum absolute atomic E-state index is 0.0117. The molecular weight excluding hydrogens is 486 g/mol. The van der Waals surface area contributed by atoms with Gasteiger partial charge in [-0.25, -0.2) is 8.78 Å². The zero-order chi connectivity index (χ0) is 26.0. The monoisotopic (exact) mass is 520 g/mol. The molecule has 2 aromatic carbocycles. The van der Waals surface area contributed by atoms with E-state index in [9.17, 15) is 0 Å². The van der Waals surface area contributed by atoms with Crippen molar-refractivity contribution in [3.63, 3.8) is 0 Å². The second kappa shape index (κ2) is 9.02. The van der Waals surface area contributed by atoms with Gasteiger partial charge < -0.3 is 20.7 Å². The Balaban J connectivity index is 1.35. The van der Waals surface area contributed by atoms with Crippen molar-refractivity contribution in [2.75, 3.05) is 43.4 Å². The largest absolute Gasteiger partial charge is 0.461 e. The van der Waals surface area contributed by atoms with Crippen LogP contribution in [0.5, 0.6) is 6.01 Å². The quantitative estimate of drug-likeness (QED) is 0.483. The predicted octanol–water partition coefficient (Wildman–Crippen LogP) is 4.41. The summed E-state index contributed by atoms with van der Waals surface area (Å²) in [5, 5.41) is 4.00. The second-order valence-electron chi connectivity index (χ2n) is 11.6. The molecule has 4 aliphatic heterocycles. The van der Waals surface area contributed by atoms with E-state index in [1.807, 2.05) is 6.92 Å². The molecule has 200 valence electrons. The maximum Gasteiger partial charge on any atom is 0.319 e. The number of rotatable bonds is 5. The minimum Gasteiger partial charge on any atom is -0.461 e. The summed E-state index contributed by atoms with van der Waals surface area (Å²) >= 11 is 0. The van der Waals surface area contributed by atoms with Gasteiger partial charge in [0.15, 0.2) is 5.82 Å². The molecule has 4 saturated heterocycles. The van der Waals surface area contributed by atoms with Gasteiger partial charge in [0.1, 0.15) is 23.8 Å². The predicted molar refractivity (Wildman–Crippen MR) is 144 cm³/mol. The van der Waals surface area contributed by atoms with Gasteiger partial charge in [-0.1, -0.05) is 6.07 Å². The van der Waals surface area contributed by atoms with Crippen LogP contribution in [0.1, 0.15) is 44.1 Å². The van der Waals surface area contributed by atoms with Gasteiger partial charge in [0.2, 0.25) is 0 Å². The Kier molecular flexibility index (Phi) is 5.70. The van der Waals surface area contributed by atoms with Crippen LogP contribution in [0.4, 0.5) is 20.3 Å². The third kappa shape index (κ3) is 3.90. The number of aryl methyl sites for hydroxylation is 1. The van der Waals surface area contributed by atoms with E-state index in [1.165, 1.54) is 6.07 Å². The molecule has 2 bridgehead atoms. The Bertz CT molecular complexity index is 1390. The molecule has 0 radical (unpaired) electrons. The molecule has 38 heavy (non-hydrogen) atoms. The first-order valence-electron chi connectivity index (χ1n) is 13.9. The Morgan fingerprint density at radius 1 is 1.08 bits per heavy atom. The molecule has 4 fully saturated rings. The first-order valence-corrected chi connectivity index (χ1v) is 13.9. The average Bonchev–Trinajstić information content (AvgIpc) is 3.58. The second-order valence-corrected chi connectivity index (χ2v) is 11.6. The summed E-state index contributed by atoms with van der Waals surface area (Å²) in [6.45, 7) is 5.95. The number of benzene rings is 2. The summed E-state index contributed by atoms with van der Waals surface area (Å²) in [6, 6.07) is 7.35. The number of hydrogen-bond acceptors (Lipinski definition) is 7. The fraction of sp³-hybridized carbons (Fsp3) is 0.517. The van der Waals surface area contributed by atoms with Gasteiger partial charge >= 0.3 is 6.01 Å². The first-order chi connectivity index (χ1) is 18.4. The molecule has 0 spiro atoms. The van der Waals surface area contributed by atoms with Crippen LogP contribution in [-0.2, 0) is 0 Å². The van der Waals surface area contributed by atoms with Crippen molar-refractivity contribution in [2.45, 2.75) is 63.1 Å². The highest BCUT2D eigenvalue weighted by Gasteiger charge is 2.45. The molecule has 9 heteroatoms. The normalized spacial score (nSPS) is 24.3. The number of halogens is 2. The van der Waals surface area contributed by atoms with E-state index in [0.29, 0.717) is 41.1 Å². The summed E-state index contributed by atoms with van der Waals surface area (Å²) in [6.07, 6.45) is 6.68. The third-order valence-corrected chi connectivity index (χ3v) is 9.17. The first kappa shape index (κ1) is 24.0. The molecule has 0 unspecified atom stereocenters. The minimum atomic E-state index is -0.707. The van der Waals surface area contributed by atoms with Crippen molar-refractivity contribution in [1.29, 1.82) is 0 Å². The number of fused-ring (bicyclic) bond motifs is 4. The molecule has 3 aromatic rings. The van der Waals surface area contributed by atoms with Gasteiger partial charge in [-0.3, -0.25) is 4.90 Å². The van der Waals surface area contributed by atoms with E-state index in [2.05, 4.69) is 20.1 Å². The molecule has 0 aliphatic carbocycles. The van der Waals surface area contributed by atoms with Crippen LogP contribution in [0, 0.1) is 18.6 Å². The summed E-state index contributed by atoms with van der Waals surface area (Å²) in [5.41, 5.74) is 7.58. The number of nitrogens with zero attached hydrogens (tertiary/aromatic N) is 4. The van der Waals surface area contributed by atoms with Crippen molar-refractivity contribution >= 4 is 22.4 Å². The fourth-order valence-electron chi connectivity index (χ4n) is 7.25. The lowest BCUT2D eigenvalue weighted by molar-refractivity contribution is 0.108. The lowest BCUT2D eigenvalue weighted by atomic mass is 9.95. The van der Waals surface area contributed by atoms with E-state index in [4.69, 9.17) is 15.5 Å². The SMILES string of the molecule is Cc1ccc(N)cc1-c1c(F)cc2c(N3C[C@H]4CC[C@@H](C3)N4)nc(OCC34CCCN3CCC4)nc2c1F. The topological polar surface area (TPSA) is 79.5 Å². The Morgan fingerprint density at radius 3 is 2.55 bits per heavy atom. The zero-order valence-corrected chi connectivity index (χ0v) is 21.8. The molecule has 3 N–H and O–H groups in total. The number of aromatic nitrogens is 2. The van der Waals surface area contributed by atoms with E-state index >= 15 is 8.78 Å². The molecule has 1 aromatic heterocycles. The lowest BCUT2D eigenvalue weighted by Gasteiger charge is -2.34. The van der Waals surface area contributed by atoms with Crippen molar-refractivity contribution in [1.82, 2.24) is 20.2 Å². The lowest BCUT2D eigenvalue weighted by Crippen LogP contribution is -2.51. The van der Waals surface area contributed by atoms with Crippen LogP contribution in [0.15, 0.2) is 24.3 Å². The molecule has 5 heterocycles. The van der Waals surface area contributed by atoms with Gasteiger partial charge in [0.25, 0.3) is 0 Å². The highest BCUT2D eigenvalue weighted by Crippen LogP contribution is 2.41.